The van der Waals surface area contributed by atoms with Crippen molar-refractivity contribution in [3.8, 4) is 0 Å². The lowest BCUT2D eigenvalue weighted by Crippen LogP contribution is -2.37. The van der Waals surface area contributed by atoms with Gasteiger partial charge in [0.25, 0.3) is 0 Å². The van der Waals surface area contributed by atoms with E-state index in [1.807, 2.05) is 51.2 Å². The minimum Gasteiger partial charge on any atom is -0.515 e. The SMILES string of the molecule is C=Cc1c2[nH]c(c1C)\C=c1[nH]c(/c(=C\O)c/1=C\C)=C\c1[nH]c(c(CCC(=O)O)c1C)/C=c1\[nH]/c(c(CO)c1CCC(=O)O)=C\2. The first kappa shape index (κ1) is 30.2. The topological polar surface area (TPSA) is 178 Å². The van der Waals surface area contributed by atoms with Gasteiger partial charge < -0.3 is 40.4 Å². The highest BCUT2D eigenvalue weighted by molar-refractivity contribution is 5.72. The molecule has 5 heterocycles. The molecular formula is C34H36N4O6. The molecule has 0 saturated heterocycles. The minimum atomic E-state index is -0.959. The van der Waals surface area contributed by atoms with Gasteiger partial charge in [-0.05, 0) is 80.2 Å². The number of aliphatic hydroxyl groups is 2. The molecule has 8 N–H and O–H groups in total. The first-order chi connectivity index (χ1) is 21.1. The molecule has 0 spiro atoms. The molecule has 1 aliphatic rings. The number of aliphatic hydroxyl groups excluding tert-OH is 2. The van der Waals surface area contributed by atoms with Gasteiger partial charge in [0, 0.05) is 73.2 Å². The summed E-state index contributed by atoms with van der Waals surface area (Å²) in [5.74, 6) is -1.88. The average molecular weight is 597 g/mol. The van der Waals surface area contributed by atoms with Crippen molar-refractivity contribution in [1.29, 1.82) is 0 Å². The Kier molecular flexibility index (Phi) is 8.37. The van der Waals surface area contributed by atoms with Crippen LogP contribution in [0.5, 0.6) is 0 Å². The number of hydrogen-bond acceptors (Lipinski definition) is 4. The molecule has 4 aromatic heterocycles. The predicted molar refractivity (Wildman–Crippen MR) is 170 cm³/mol. The number of aliphatic carboxylic acids is 2. The molecule has 10 nitrogen and oxygen atoms in total. The van der Waals surface area contributed by atoms with Crippen molar-refractivity contribution in [3.05, 3.63) is 94.6 Å². The summed E-state index contributed by atoms with van der Waals surface area (Å²) in [5.41, 5.74) is 7.67. The maximum Gasteiger partial charge on any atom is 0.303 e. The molecule has 4 aromatic rings. The molecule has 0 atom stereocenters. The predicted octanol–water partition coefficient (Wildman–Crippen LogP) is 0.511. The Hall–Kier alpha value is -5.22. The van der Waals surface area contributed by atoms with E-state index in [0.29, 0.717) is 38.1 Å². The molecule has 1 aliphatic heterocycles. The van der Waals surface area contributed by atoms with Crippen LogP contribution in [0.1, 0.15) is 75.9 Å². The number of fused-ring (bicyclic) bond motifs is 8. The van der Waals surface area contributed by atoms with Crippen molar-refractivity contribution in [2.24, 2.45) is 0 Å². The zero-order valence-corrected chi connectivity index (χ0v) is 24.9. The van der Waals surface area contributed by atoms with Gasteiger partial charge in [-0.1, -0.05) is 18.7 Å². The number of aromatic amines is 4. The fourth-order valence-corrected chi connectivity index (χ4v) is 6.07. The van der Waals surface area contributed by atoms with E-state index in [4.69, 9.17) is 0 Å². The van der Waals surface area contributed by atoms with Crippen LogP contribution in [-0.4, -0.2) is 52.3 Å². The van der Waals surface area contributed by atoms with E-state index < -0.39 is 11.9 Å². The van der Waals surface area contributed by atoms with Crippen molar-refractivity contribution in [1.82, 2.24) is 19.9 Å². The van der Waals surface area contributed by atoms with Crippen molar-refractivity contribution < 1.29 is 30.0 Å². The Morgan fingerprint density at radius 1 is 0.727 bits per heavy atom. The maximum atomic E-state index is 11.6. The standard InChI is InChI=1S/C34H36N4O6/c1-5-19-17(3)25-11-28-20(6-2)23(15-39)31(37-28)12-26-18(4)21(7-9-33(41)42)29(36-26)14-30-22(8-10-34(43)44)24(16-40)32(38-30)13-27(19)35-25/h5-6,11-15,35-40H,1,7-10,16H2,2-4H3,(H,41,42)(H,43,44)/b20-6+,23-15-,28-11-,30-14-,31-12-,32-13-. The zero-order chi connectivity index (χ0) is 31.7. The van der Waals surface area contributed by atoms with E-state index in [0.717, 1.165) is 56.2 Å². The number of rotatable bonds is 8. The Morgan fingerprint density at radius 2 is 1.25 bits per heavy atom. The third-order valence-corrected chi connectivity index (χ3v) is 8.35. The summed E-state index contributed by atoms with van der Waals surface area (Å²) in [6.07, 6.45) is 12.5. The monoisotopic (exact) mass is 596 g/mol. The van der Waals surface area contributed by atoms with Gasteiger partial charge >= 0.3 is 11.9 Å². The van der Waals surface area contributed by atoms with Crippen LogP contribution in [0.15, 0.2) is 6.58 Å². The molecule has 228 valence electrons. The van der Waals surface area contributed by atoms with Crippen LogP contribution in [0, 0.1) is 13.8 Å². The lowest BCUT2D eigenvalue weighted by Gasteiger charge is -2.02. The molecule has 0 fully saturated rings. The maximum absolute atomic E-state index is 11.6. The molecule has 5 rings (SSSR count). The van der Waals surface area contributed by atoms with Gasteiger partial charge in [-0.2, -0.15) is 0 Å². The normalized spacial score (nSPS) is 16.3. The quantitative estimate of drug-likeness (QED) is 0.129. The van der Waals surface area contributed by atoms with Crippen LogP contribution in [0.4, 0.5) is 0 Å². The first-order valence-corrected chi connectivity index (χ1v) is 14.4. The van der Waals surface area contributed by atoms with Crippen LogP contribution >= 0.6 is 0 Å². The summed E-state index contributed by atoms with van der Waals surface area (Å²) in [7, 11) is 0. The second kappa shape index (κ2) is 12.2. The van der Waals surface area contributed by atoms with E-state index in [9.17, 15) is 30.0 Å². The molecule has 0 aliphatic carbocycles. The third kappa shape index (κ3) is 5.47. The second-order valence-electron chi connectivity index (χ2n) is 10.9. The van der Waals surface area contributed by atoms with E-state index in [1.54, 1.807) is 6.08 Å². The van der Waals surface area contributed by atoms with Crippen LogP contribution < -0.4 is 31.8 Å². The number of carbonyl (C=O) groups is 2. The average Bonchev–Trinajstić information content (AvgIpc) is 3.67. The van der Waals surface area contributed by atoms with Crippen molar-refractivity contribution in [2.45, 2.75) is 53.1 Å². The van der Waals surface area contributed by atoms with Gasteiger partial charge in [0.1, 0.15) is 0 Å². The fourth-order valence-electron chi connectivity index (χ4n) is 6.07. The Balaban J connectivity index is 1.98. The molecule has 0 aromatic carbocycles. The molecular weight excluding hydrogens is 560 g/mol. The van der Waals surface area contributed by atoms with Crippen LogP contribution in [-0.2, 0) is 29.0 Å². The largest absolute Gasteiger partial charge is 0.515 e. The van der Waals surface area contributed by atoms with E-state index >= 15 is 0 Å². The zero-order valence-electron chi connectivity index (χ0n) is 24.9. The number of carboxylic acids is 2. The Morgan fingerprint density at radius 3 is 1.84 bits per heavy atom. The molecule has 10 heteroatoms. The number of H-pyrrole nitrogens is 4. The summed E-state index contributed by atoms with van der Waals surface area (Å²) >= 11 is 0. The lowest BCUT2D eigenvalue weighted by atomic mass is 10.0. The minimum absolute atomic E-state index is 0.0820. The summed E-state index contributed by atoms with van der Waals surface area (Å²) in [6.45, 7) is 9.49. The lowest BCUT2D eigenvalue weighted by molar-refractivity contribution is -0.138. The van der Waals surface area contributed by atoms with Crippen LogP contribution in [0.2, 0.25) is 0 Å². The highest BCUT2D eigenvalue weighted by Gasteiger charge is 2.17. The van der Waals surface area contributed by atoms with Crippen LogP contribution in [0.25, 0.3) is 42.7 Å². The first-order valence-electron chi connectivity index (χ1n) is 14.4. The molecule has 0 radical (unpaired) electrons. The fraction of sp³-hybridized carbons (Fsp3) is 0.235. The summed E-state index contributed by atoms with van der Waals surface area (Å²) in [6, 6.07) is 0. The Labute approximate surface area is 252 Å². The van der Waals surface area contributed by atoms with E-state index in [1.165, 1.54) is 0 Å². The number of hydrogen-bond donors (Lipinski definition) is 8. The van der Waals surface area contributed by atoms with Gasteiger partial charge in [-0.25, -0.2) is 0 Å². The molecule has 0 unspecified atom stereocenters. The number of carboxylic acid groups (broad SMARTS) is 2. The van der Waals surface area contributed by atoms with Gasteiger partial charge in [-0.3, -0.25) is 9.59 Å². The van der Waals surface area contributed by atoms with E-state index in [-0.39, 0.29) is 32.3 Å². The number of nitrogens with one attached hydrogen (secondary N) is 4. The Bertz CT molecular complexity index is 2190. The molecule has 0 amide bonds. The summed E-state index contributed by atoms with van der Waals surface area (Å²) < 4.78 is 0. The molecule has 8 bridgehead atoms. The van der Waals surface area contributed by atoms with Crippen molar-refractivity contribution in [3.63, 3.8) is 0 Å². The molecule has 0 saturated carbocycles. The number of aromatic nitrogens is 4. The smallest absolute Gasteiger partial charge is 0.303 e. The van der Waals surface area contributed by atoms with Gasteiger partial charge in [0.2, 0.25) is 0 Å². The van der Waals surface area contributed by atoms with E-state index in [2.05, 4.69) is 26.5 Å². The highest BCUT2D eigenvalue weighted by atomic mass is 16.4. The van der Waals surface area contributed by atoms with Gasteiger partial charge in [-0.15, -0.1) is 0 Å². The highest BCUT2D eigenvalue weighted by Crippen LogP contribution is 2.23. The van der Waals surface area contributed by atoms with Gasteiger partial charge in [0.05, 0.1) is 18.2 Å². The van der Waals surface area contributed by atoms with Gasteiger partial charge in [0.15, 0.2) is 0 Å². The summed E-state index contributed by atoms with van der Waals surface area (Å²) in [4.78, 5) is 36.9. The van der Waals surface area contributed by atoms with Crippen molar-refractivity contribution >= 4 is 54.7 Å². The second-order valence-corrected chi connectivity index (χ2v) is 10.9. The van der Waals surface area contributed by atoms with Crippen LogP contribution in [0.3, 0.4) is 0 Å². The van der Waals surface area contributed by atoms with Crippen molar-refractivity contribution in [2.75, 3.05) is 0 Å². The molecule has 44 heavy (non-hydrogen) atoms. The summed E-state index contributed by atoms with van der Waals surface area (Å²) in [5, 5.41) is 43.8. The third-order valence-electron chi connectivity index (χ3n) is 8.35.